The van der Waals surface area contributed by atoms with E-state index in [1.54, 1.807) is 6.26 Å². The molecule has 0 saturated carbocycles. The monoisotopic (exact) mass is 202 g/mol. The molecule has 2 rings (SSSR count). The summed E-state index contributed by atoms with van der Waals surface area (Å²) in [4.78, 5) is 0. The lowest BCUT2D eigenvalue weighted by Crippen LogP contribution is -2.02. The van der Waals surface area contributed by atoms with Gasteiger partial charge in [0, 0.05) is 6.42 Å². The van der Waals surface area contributed by atoms with Crippen LogP contribution in [0, 0.1) is 6.92 Å². The summed E-state index contributed by atoms with van der Waals surface area (Å²) < 4.78 is 5.21. The Morgan fingerprint density at radius 1 is 1.20 bits per heavy atom. The lowest BCUT2D eigenvalue weighted by molar-refractivity contribution is 0.170. The van der Waals surface area contributed by atoms with E-state index in [0.717, 1.165) is 16.9 Å². The predicted octanol–water partition coefficient (Wildman–Crippen LogP) is 2.86. The fourth-order valence-electron chi connectivity index (χ4n) is 1.69. The number of rotatable bonds is 3. The summed E-state index contributed by atoms with van der Waals surface area (Å²) in [6.45, 7) is 2.00. The maximum absolute atomic E-state index is 10.0. The van der Waals surface area contributed by atoms with Gasteiger partial charge in [0.15, 0.2) is 0 Å². The van der Waals surface area contributed by atoms with Gasteiger partial charge in [-0.15, -0.1) is 0 Å². The first-order valence-corrected chi connectivity index (χ1v) is 5.03. The molecule has 0 aliphatic carbocycles. The van der Waals surface area contributed by atoms with Gasteiger partial charge in [0.1, 0.15) is 5.76 Å². The van der Waals surface area contributed by atoms with Crippen molar-refractivity contribution in [1.82, 2.24) is 0 Å². The average Bonchev–Trinajstić information content (AvgIpc) is 2.71. The van der Waals surface area contributed by atoms with E-state index in [1.165, 1.54) is 0 Å². The Morgan fingerprint density at radius 3 is 2.67 bits per heavy atom. The first kappa shape index (κ1) is 9.99. The van der Waals surface area contributed by atoms with Gasteiger partial charge >= 0.3 is 0 Å². The van der Waals surface area contributed by atoms with Crippen LogP contribution in [0.5, 0.6) is 0 Å². The van der Waals surface area contributed by atoms with Crippen molar-refractivity contribution in [2.75, 3.05) is 0 Å². The number of hydrogen-bond donors (Lipinski definition) is 1. The zero-order valence-corrected chi connectivity index (χ0v) is 8.68. The smallest absolute Gasteiger partial charge is 0.106 e. The van der Waals surface area contributed by atoms with E-state index in [4.69, 9.17) is 4.42 Å². The summed E-state index contributed by atoms with van der Waals surface area (Å²) in [5.74, 6) is 0.811. The summed E-state index contributed by atoms with van der Waals surface area (Å²) in [5.41, 5.74) is 2.07. The summed E-state index contributed by atoms with van der Waals surface area (Å²) in [6.07, 6.45) is 1.66. The number of aryl methyl sites for hydroxylation is 1. The van der Waals surface area contributed by atoms with Crippen molar-refractivity contribution >= 4 is 0 Å². The average molecular weight is 202 g/mol. The molecule has 0 spiro atoms. The number of aliphatic hydroxyl groups is 1. The molecule has 0 amide bonds. The maximum Gasteiger partial charge on any atom is 0.106 e. The van der Waals surface area contributed by atoms with Gasteiger partial charge < -0.3 is 9.52 Å². The highest BCUT2D eigenvalue weighted by atomic mass is 16.3. The molecule has 1 aromatic carbocycles. The molecule has 78 valence electrons. The topological polar surface area (TPSA) is 33.4 Å². The molecule has 15 heavy (non-hydrogen) atoms. The summed E-state index contributed by atoms with van der Waals surface area (Å²) in [5, 5.41) is 10.0. The fourth-order valence-corrected chi connectivity index (χ4v) is 1.69. The zero-order valence-electron chi connectivity index (χ0n) is 8.68. The number of aliphatic hydroxyl groups excluding tert-OH is 1. The van der Waals surface area contributed by atoms with Crippen LogP contribution in [0.15, 0.2) is 47.1 Å². The van der Waals surface area contributed by atoms with E-state index in [2.05, 4.69) is 0 Å². The van der Waals surface area contributed by atoms with E-state index in [1.807, 2.05) is 43.3 Å². The normalized spacial score (nSPS) is 12.7. The van der Waals surface area contributed by atoms with Crippen molar-refractivity contribution in [2.24, 2.45) is 0 Å². The van der Waals surface area contributed by atoms with Crippen molar-refractivity contribution < 1.29 is 9.52 Å². The molecule has 2 nitrogen and oxygen atoms in total. The lowest BCUT2D eigenvalue weighted by Gasteiger charge is -2.11. The van der Waals surface area contributed by atoms with Crippen LogP contribution in [0.4, 0.5) is 0 Å². The van der Waals surface area contributed by atoms with Crippen LogP contribution >= 0.6 is 0 Å². The minimum Gasteiger partial charge on any atom is -0.469 e. The van der Waals surface area contributed by atoms with Gasteiger partial charge in [-0.25, -0.2) is 0 Å². The van der Waals surface area contributed by atoms with E-state index >= 15 is 0 Å². The third-order valence-electron chi connectivity index (χ3n) is 2.52. The number of furan rings is 1. The molecular formula is C13H14O2. The molecule has 0 bridgehead atoms. The molecule has 0 fully saturated rings. The Balaban J connectivity index is 2.15. The lowest BCUT2D eigenvalue weighted by atomic mass is 10.0. The van der Waals surface area contributed by atoms with E-state index < -0.39 is 6.10 Å². The van der Waals surface area contributed by atoms with Gasteiger partial charge in [-0.05, 0) is 30.2 Å². The molecule has 0 aliphatic heterocycles. The fraction of sp³-hybridized carbons (Fsp3) is 0.231. The van der Waals surface area contributed by atoms with Gasteiger partial charge in [0.05, 0.1) is 12.4 Å². The third kappa shape index (κ3) is 2.28. The zero-order chi connectivity index (χ0) is 10.7. The van der Waals surface area contributed by atoms with Crippen molar-refractivity contribution in [3.05, 3.63) is 59.5 Å². The third-order valence-corrected chi connectivity index (χ3v) is 2.52. The quantitative estimate of drug-likeness (QED) is 0.830. The molecule has 0 aliphatic rings. The minimum atomic E-state index is -0.489. The second kappa shape index (κ2) is 4.32. The molecule has 0 saturated heterocycles. The van der Waals surface area contributed by atoms with Gasteiger partial charge in [-0.2, -0.15) is 0 Å². The van der Waals surface area contributed by atoms with Crippen LogP contribution < -0.4 is 0 Å². The highest BCUT2D eigenvalue weighted by molar-refractivity contribution is 5.28. The van der Waals surface area contributed by atoms with Crippen LogP contribution in [-0.4, -0.2) is 5.11 Å². The van der Waals surface area contributed by atoms with Gasteiger partial charge in [0.25, 0.3) is 0 Å². The predicted molar refractivity (Wildman–Crippen MR) is 58.6 cm³/mol. The maximum atomic E-state index is 10.0. The summed E-state index contributed by atoms with van der Waals surface area (Å²) in [7, 11) is 0. The van der Waals surface area contributed by atoms with Gasteiger partial charge in [0.2, 0.25) is 0 Å². The Hall–Kier alpha value is -1.54. The highest BCUT2D eigenvalue weighted by Crippen LogP contribution is 2.21. The largest absolute Gasteiger partial charge is 0.469 e. The summed E-state index contributed by atoms with van der Waals surface area (Å²) >= 11 is 0. The first-order valence-electron chi connectivity index (χ1n) is 5.03. The number of benzene rings is 1. The van der Waals surface area contributed by atoms with Crippen molar-refractivity contribution in [1.29, 1.82) is 0 Å². The van der Waals surface area contributed by atoms with E-state index in [-0.39, 0.29) is 0 Å². The minimum absolute atomic E-state index is 0.489. The summed E-state index contributed by atoms with van der Waals surface area (Å²) in [6, 6.07) is 11.6. The SMILES string of the molecule is Cc1ccccc1C(O)Cc1ccco1. The van der Waals surface area contributed by atoms with Crippen LogP contribution in [0.3, 0.4) is 0 Å². The van der Waals surface area contributed by atoms with Crippen LogP contribution in [0.1, 0.15) is 23.0 Å². The van der Waals surface area contributed by atoms with Crippen molar-refractivity contribution in [3.63, 3.8) is 0 Å². The number of hydrogen-bond acceptors (Lipinski definition) is 2. The Kier molecular flexibility index (Phi) is 2.88. The van der Waals surface area contributed by atoms with E-state index in [9.17, 15) is 5.11 Å². The van der Waals surface area contributed by atoms with Crippen LogP contribution in [0.2, 0.25) is 0 Å². The van der Waals surface area contributed by atoms with Crippen molar-refractivity contribution in [3.8, 4) is 0 Å². The molecule has 1 aromatic heterocycles. The molecule has 1 atom stereocenters. The Morgan fingerprint density at radius 2 is 2.00 bits per heavy atom. The van der Waals surface area contributed by atoms with E-state index in [0.29, 0.717) is 6.42 Å². The van der Waals surface area contributed by atoms with Gasteiger partial charge in [-0.1, -0.05) is 24.3 Å². The second-order valence-electron chi connectivity index (χ2n) is 3.66. The first-order chi connectivity index (χ1) is 7.27. The molecule has 1 N–H and O–H groups in total. The van der Waals surface area contributed by atoms with Crippen LogP contribution in [0.25, 0.3) is 0 Å². The second-order valence-corrected chi connectivity index (χ2v) is 3.66. The van der Waals surface area contributed by atoms with Crippen molar-refractivity contribution in [2.45, 2.75) is 19.4 Å². The standard InChI is InChI=1S/C13H14O2/c1-10-5-2-3-7-12(10)13(14)9-11-6-4-8-15-11/h2-8,13-14H,9H2,1H3. The molecule has 1 heterocycles. The molecule has 0 radical (unpaired) electrons. The highest BCUT2D eigenvalue weighted by Gasteiger charge is 2.11. The van der Waals surface area contributed by atoms with Gasteiger partial charge in [-0.3, -0.25) is 0 Å². The van der Waals surface area contributed by atoms with Crippen LogP contribution in [-0.2, 0) is 6.42 Å². The molecule has 1 unspecified atom stereocenters. The molecular weight excluding hydrogens is 188 g/mol. The molecule has 2 aromatic rings. The Labute approximate surface area is 89.2 Å². The molecule has 2 heteroatoms. The Bertz CT molecular complexity index is 418.